The highest BCUT2D eigenvalue weighted by atomic mass is 35.5. The summed E-state index contributed by atoms with van der Waals surface area (Å²) in [5.74, 6) is 1.01. The highest BCUT2D eigenvalue weighted by Crippen LogP contribution is 2.32. The van der Waals surface area contributed by atoms with Crippen molar-refractivity contribution < 1.29 is 14.3 Å². The van der Waals surface area contributed by atoms with E-state index in [-0.39, 0.29) is 11.5 Å². The van der Waals surface area contributed by atoms with Crippen LogP contribution in [0.3, 0.4) is 0 Å². The number of para-hydroxylation sites is 1. The van der Waals surface area contributed by atoms with Gasteiger partial charge < -0.3 is 14.8 Å². The van der Waals surface area contributed by atoms with Crippen molar-refractivity contribution in [1.82, 2.24) is 4.57 Å². The summed E-state index contributed by atoms with van der Waals surface area (Å²) in [5, 5.41) is 3.93. The molecule has 232 valence electrons. The molecule has 5 aromatic rings. The molecule has 1 atom stereocenters. The quantitative estimate of drug-likeness (QED) is 0.181. The largest absolute Gasteiger partial charge is 0.494 e. The van der Waals surface area contributed by atoms with E-state index in [1.807, 2.05) is 97.9 Å². The number of halogens is 2. The molecular formula is C36H29Cl2N3O4S. The van der Waals surface area contributed by atoms with Gasteiger partial charge in [-0.15, -0.1) is 0 Å². The average molecular weight is 671 g/mol. The first kappa shape index (κ1) is 31.4. The van der Waals surface area contributed by atoms with Crippen molar-refractivity contribution in [1.29, 1.82) is 0 Å². The second-order valence-electron chi connectivity index (χ2n) is 10.5. The van der Waals surface area contributed by atoms with Gasteiger partial charge in [-0.05, 0) is 85.1 Å². The van der Waals surface area contributed by atoms with Crippen LogP contribution in [-0.4, -0.2) is 17.1 Å². The third kappa shape index (κ3) is 6.79. The molecule has 6 rings (SSSR count). The monoisotopic (exact) mass is 669 g/mol. The molecule has 0 unspecified atom stereocenters. The zero-order chi connectivity index (χ0) is 32.2. The molecule has 1 aliphatic rings. The third-order valence-corrected chi connectivity index (χ3v) is 9.07. The predicted octanol–water partition coefficient (Wildman–Crippen LogP) is 7.16. The highest BCUT2D eigenvalue weighted by Gasteiger charge is 2.32. The first-order valence-electron chi connectivity index (χ1n) is 14.6. The Morgan fingerprint density at radius 2 is 1.72 bits per heavy atom. The van der Waals surface area contributed by atoms with Crippen molar-refractivity contribution >= 4 is 52.2 Å². The van der Waals surface area contributed by atoms with Crippen LogP contribution < -0.4 is 29.7 Å². The van der Waals surface area contributed by atoms with E-state index >= 15 is 0 Å². The Hall–Kier alpha value is -4.63. The topological polar surface area (TPSA) is 81.9 Å². The van der Waals surface area contributed by atoms with Crippen LogP contribution in [0.1, 0.15) is 36.6 Å². The van der Waals surface area contributed by atoms with Gasteiger partial charge in [-0.1, -0.05) is 83.1 Å². The van der Waals surface area contributed by atoms with Gasteiger partial charge in [0.25, 0.3) is 11.5 Å². The fourth-order valence-corrected chi connectivity index (χ4v) is 6.57. The third-order valence-electron chi connectivity index (χ3n) is 7.35. The number of anilines is 1. The minimum Gasteiger partial charge on any atom is -0.494 e. The number of benzene rings is 4. The summed E-state index contributed by atoms with van der Waals surface area (Å²) in [7, 11) is 0. The molecule has 10 heteroatoms. The summed E-state index contributed by atoms with van der Waals surface area (Å²) in [4.78, 5) is 33.1. The van der Waals surface area contributed by atoms with Crippen LogP contribution in [0.5, 0.6) is 11.5 Å². The Morgan fingerprint density at radius 1 is 0.935 bits per heavy atom. The lowest BCUT2D eigenvalue weighted by Crippen LogP contribution is -2.40. The molecule has 7 nitrogen and oxygen atoms in total. The van der Waals surface area contributed by atoms with Gasteiger partial charge in [0.05, 0.1) is 38.5 Å². The van der Waals surface area contributed by atoms with E-state index in [0.717, 1.165) is 16.7 Å². The van der Waals surface area contributed by atoms with Crippen LogP contribution in [0, 0.1) is 0 Å². The number of amides is 1. The Balaban J connectivity index is 1.37. The zero-order valence-electron chi connectivity index (χ0n) is 25.0. The predicted molar refractivity (Wildman–Crippen MR) is 184 cm³/mol. The number of carbonyl (C=O) groups excluding carboxylic acids is 1. The SMILES string of the molecule is CCOc1ccc([C@H]2C(C(=O)Nc3ccccc3)=C(C)N=c3s/c(=C/c4cccc(OCc5ccc(Cl)c(Cl)c5)c4)c(=O)n32)cc1. The standard InChI is InChI=1S/C36H29Cl2N3O4S/c1-3-44-27-15-13-25(14-16-27)33-32(34(42)40-26-9-5-4-6-10-26)22(2)39-36-41(33)35(43)31(46-36)20-23-8-7-11-28(18-23)45-21-24-12-17-29(37)30(38)19-24/h4-20,33H,3,21H2,1-2H3,(H,40,42)/b31-20+/t33-/m0/s1. The van der Waals surface area contributed by atoms with E-state index in [9.17, 15) is 9.59 Å². The smallest absolute Gasteiger partial charge is 0.271 e. The van der Waals surface area contributed by atoms with Crippen molar-refractivity contribution in [2.24, 2.45) is 4.99 Å². The Kier molecular flexibility index (Phi) is 9.40. The molecule has 0 bridgehead atoms. The maximum atomic E-state index is 14.1. The van der Waals surface area contributed by atoms with Gasteiger partial charge in [0, 0.05) is 5.69 Å². The van der Waals surface area contributed by atoms with Crippen molar-refractivity contribution in [2.75, 3.05) is 11.9 Å². The lowest BCUT2D eigenvalue weighted by molar-refractivity contribution is -0.113. The molecule has 0 saturated carbocycles. The molecule has 46 heavy (non-hydrogen) atoms. The Labute approximate surface area is 279 Å². The molecule has 2 heterocycles. The molecule has 0 fully saturated rings. The highest BCUT2D eigenvalue weighted by molar-refractivity contribution is 7.07. The van der Waals surface area contributed by atoms with E-state index in [4.69, 9.17) is 37.7 Å². The van der Waals surface area contributed by atoms with Crippen molar-refractivity contribution in [3.8, 4) is 11.5 Å². The van der Waals surface area contributed by atoms with E-state index in [1.165, 1.54) is 11.3 Å². The maximum absolute atomic E-state index is 14.1. The van der Waals surface area contributed by atoms with E-state index in [1.54, 1.807) is 23.6 Å². The van der Waals surface area contributed by atoms with Gasteiger partial charge in [0.1, 0.15) is 18.1 Å². The van der Waals surface area contributed by atoms with Crippen LogP contribution in [0.4, 0.5) is 5.69 Å². The van der Waals surface area contributed by atoms with Gasteiger partial charge in [0.2, 0.25) is 0 Å². The summed E-state index contributed by atoms with van der Waals surface area (Å²) < 4.78 is 13.7. The van der Waals surface area contributed by atoms with E-state index in [2.05, 4.69) is 5.32 Å². The van der Waals surface area contributed by atoms with Gasteiger partial charge in [-0.2, -0.15) is 0 Å². The van der Waals surface area contributed by atoms with Gasteiger partial charge in [-0.25, -0.2) is 4.99 Å². The van der Waals surface area contributed by atoms with Crippen molar-refractivity contribution in [2.45, 2.75) is 26.5 Å². The second-order valence-corrected chi connectivity index (χ2v) is 12.3. The van der Waals surface area contributed by atoms with Crippen LogP contribution >= 0.6 is 34.5 Å². The van der Waals surface area contributed by atoms with Crippen LogP contribution in [0.25, 0.3) is 6.08 Å². The molecule has 1 amide bonds. The minimum absolute atomic E-state index is 0.248. The summed E-state index contributed by atoms with van der Waals surface area (Å²) >= 11 is 13.5. The van der Waals surface area contributed by atoms with E-state index < -0.39 is 6.04 Å². The van der Waals surface area contributed by atoms with E-state index in [0.29, 0.717) is 61.0 Å². The lowest BCUT2D eigenvalue weighted by Gasteiger charge is -2.25. The first-order chi connectivity index (χ1) is 22.3. The number of rotatable bonds is 9. The number of ether oxygens (including phenoxy) is 2. The Morgan fingerprint density at radius 3 is 2.46 bits per heavy atom. The van der Waals surface area contributed by atoms with Gasteiger partial charge in [-0.3, -0.25) is 14.2 Å². The summed E-state index contributed by atoms with van der Waals surface area (Å²) in [5.41, 5.74) is 3.76. The molecule has 1 N–H and O–H groups in total. The molecule has 0 spiro atoms. The zero-order valence-corrected chi connectivity index (χ0v) is 27.3. The minimum atomic E-state index is -0.696. The van der Waals surface area contributed by atoms with Crippen LogP contribution in [0.2, 0.25) is 10.0 Å². The second kappa shape index (κ2) is 13.8. The Bertz CT molecular complexity index is 2120. The number of hydrogen-bond acceptors (Lipinski definition) is 6. The van der Waals surface area contributed by atoms with Crippen molar-refractivity contribution in [3.05, 3.63) is 155 Å². The van der Waals surface area contributed by atoms with Crippen molar-refractivity contribution in [3.63, 3.8) is 0 Å². The molecule has 4 aromatic carbocycles. The van der Waals surface area contributed by atoms with Gasteiger partial charge >= 0.3 is 0 Å². The number of fused-ring (bicyclic) bond motifs is 1. The summed E-state index contributed by atoms with van der Waals surface area (Å²) in [6, 6.07) is 28.8. The molecule has 1 aromatic heterocycles. The summed E-state index contributed by atoms with van der Waals surface area (Å²) in [6.45, 7) is 4.55. The average Bonchev–Trinajstić information content (AvgIpc) is 3.35. The first-order valence-corrected chi connectivity index (χ1v) is 16.2. The van der Waals surface area contributed by atoms with Gasteiger partial charge in [0.15, 0.2) is 4.80 Å². The summed E-state index contributed by atoms with van der Waals surface area (Å²) in [6.07, 6.45) is 1.81. The molecule has 0 radical (unpaired) electrons. The maximum Gasteiger partial charge on any atom is 0.271 e. The molecular weight excluding hydrogens is 641 g/mol. The number of aromatic nitrogens is 1. The number of nitrogens with one attached hydrogen (secondary N) is 1. The fourth-order valence-electron chi connectivity index (χ4n) is 5.20. The number of nitrogens with zero attached hydrogens (tertiary/aromatic N) is 2. The fraction of sp³-hybridized carbons (Fsp3) is 0.139. The van der Waals surface area contributed by atoms with Crippen LogP contribution in [0.15, 0.2) is 118 Å². The molecule has 0 saturated heterocycles. The number of thiazole rings is 1. The molecule has 1 aliphatic heterocycles. The molecule has 0 aliphatic carbocycles. The number of hydrogen-bond donors (Lipinski definition) is 1. The lowest BCUT2D eigenvalue weighted by atomic mass is 9.95. The number of carbonyl (C=O) groups is 1. The number of allylic oxidation sites excluding steroid dienone is 1. The normalized spacial score (nSPS) is 14.4. The van der Waals surface area contributed by atoms with Crippen LogP contribution in [-0.2, 0) is 11.4 Å².